The molecule has 5 rings (SSSR count). The molecule has 2 aliphatic rings. The molecule has 1 aliphatic carbocycles. The third kappa shape index (κ3) is 3.31. The Balaban J connectivity index is 1.40. The van der Waals surface area contributed by atoms with E-state index >= 15 is 0 Å². The molecule has 0 bridgehead atoms. The molecule has 1 amide bonds. The minimum Gasteiger partial charge on any atom is -0.352 e. The maximum atomic E-state index is 13.0. The molecule has 0 radical (unpaired) electrons. The Bertz CT molecular complexity index is 1060. The largest absolute Gasteiger partial charge is 0.352 e. The normalized spacial score (nSPS) is 23.3. The standard InChI is InChI=1S/C25H30N4O/c1-3-10-29-16-18-12-23-21(20-7-4-8-22(29)24(18)20)11-19(15-28(23)2)25(30)27-14-17-6-5-9-26-13-17/h4-9,13,16,19,21,23H,3,10-12,14-15H2,1-2H3,(H,27,30)/t19?,21-,23-/m1/s1. The van der Waals surface area contributed by atoms with Gasteiger partial charge in [-0.15, -0.1) is 0 Å². The number of nitrogens with zero attached hydrogens (tertiary/aromatic N) is 3. The summed E-state index contributed by atoms with van der Waals surface area (Å²) in [7, 11) is 2.19. The molecule has 3 atom stereocenters. The topological polar surface area (TPSA) is 50.2 Å². The molecule has 0 saturated carbocycles. The maximum absolute atomic E-state index is 13.0. The van der Waals surface area contributed by atoms with Gasteiger partial charge in [-0.2, -0.15) is 0 Å². The van der Waals surface area contributed by atoms with Crippen LogP contribution < -0.4 is 5.32 Å². The van der Waals surface area contributed by atoms with Crippen molar-refractivity contribution in [3.63, 3.8) is 0 Å². The monoisotopic (exact) mass is 402 g/mol. The average molecular weight is 403 g/mol. The molecule has 1 unspecified atom stereocenters. The zero-order valence-corrected chi connectivity index (χ0v) is 17.8. The lowest BCUT2D eigenvalue weighted by atomic mass is 9.72. The van der Waals surface area contributed by atoms with E-state index in [1.807, 2.05) is 18.3 Å². The van der Waals surface area contributed by atoms with E-state index in [4.69, 9.17) is 0 Å². The zero-order chi connectivity index (χ0) is 20.7. The number of aryl methyl sites for hydroxylation is 1. The molecule has 156 valence electrons. The number of likely N-dealkylation sites (N-methyl/N-ethyl adjacent to an activating group) is 1. The van der Waals surface area contributed by atoms with Crippen molar-refractivity contribution in [3.8, 4) is 0 Å². The number of amides is 1. The molecular formula is C25H30N4O. The van der Waals surface area contributed by atoms with E-state index in [0.29, 0.717) is 18.5 Å². The van der Waals surface area contributed by atoms with Gasteiger partial charge in [0.05, 0.1) is 5.92 Å². The van der Waals surface area contributed by atoms with Crippen LogP contribution in [-0.2, 0) is 24.3 Å². The van der Waals surface area contributed by atoms with Crippen LogP contribution in [0.5, 0.6) is 0 Å². The molecule has 1 fully saturated rings. The number of nitrogens with one attached hydrogen (secondary N) is 1. The quantitative estimate of drug-likeness (QED) is 0.708. The maximum Gasteiger partial charge on any atom is 0.224 e. The van der Waals surface area contributed by atoms with Crippen molar-refractivity contribution in [3.05, 3.63) is 65.6 Å². The van der Waals surface area contributed by atoms with E-state index in [1.54, 1.807) is 6.20 Å². The van der Waals surface area contributed by atoms with Gasteiger partial charge in [0.25, 0.3) is 0 Å². The number of aromatic nitrogens is 2. The summed E-state index contributed by atoms with van der Waals surface area (Å²) in [5, 5.41) is 4.58. The molecule has 3 aromatic rings. The summed E-state index contributed by atoms with van der Waals surface area (Å²) in [5.41, 5.74) is 5.30. The van der Waals surface area contributed by atoms with Crippen molar-refractivity contribution in [2.45, 2.75) is 51.2 Å². The Morgan fingerprint density at radius 2 is 2.17 bits per heavy atom. The van der Waals surface area contributed by atoms with Crippen molar-refractivity contribution in [1.82, 2.24) is 19.8 Å². The third-order valence-electron chi connectivity index (χ3n) is 6.95. The molecule has 3 heterocycles. The Morgan fingerprint density at radius 1 is 1.27 bits per heavy atom. The second-order valence-electron chi connectivity index (χ2n) is 8.92. The minimum atomic E-state index is 0.0162. The number of carbonyl (C=O) groups is 1. The number of carbonyl (C=O) groups excluding carboxylic acids is 1. The molecule has 30 heavy (non-hydrogen) atoms. The van der Waals surface area contributed by atoms with Crippen LogP contribution in [0.3, 0.4) is 0 Å². The molecule has 1 aromatic carbocycles. The van der Waals surface area contributed by atoms with Crippen LogP contribution in [0.1, 0.15) is 42.4 Å². The summed E-state index contributed by atoms with van der Waals surface area (Å²) in [5.74, 6) is 0.583. The Hall–Kier alpha value is -2.66. The third-order valence-corrected chi connectivity index (χ3v) is 6.95. The predicted molar refractivity (Wildman–Crippen MR) is 119 cm³/mol. The van der Waals surface area contributed by atoms with Gasteiger partial charge in [0, 0.05) is 61.1 Å². The van der Waals surface area contributed by atoms with Crippen LogP contribution in [0.2, 0.25) is 0 Å². The van der Waals surface area contributed by atoms with Crippen molar-refractivity contribution in [2.75, 3.05) is 13.6 Å². The molecule has 0 spiro atoms. The first kappa shape index (κ1) is 19.3. The second-order valence-corrected chi connectivity index (χ2v) is 8.92. The van der Waals surface area contributed by atoms with Gasteiger partial charge in [-0.25, -0.2) is 0 Å². The van der Waals surface area contributed by atoms with Gasteiger partial charge in [-0.05, 0) is 55.1 Å². The van der Waals surface area contributed by atoms with Crippen molar-refractivity contribution in [1.29, 1.82) is 0 Å². The van der Waals surface area contributed by atoms with Gasteiger partial charge in [-0.3, -0.25) is 9.78 Å². The fourth-order valence-corrected chi connectivity index (χ4v) is 5.57. The fraction of sp³-hybridized carbons (Fsp3) is 0.440. The molecule has 5 heteroatoms. The lowest BCUT2D eigenvalue weighted by molar-refractivity contribution is -0.127. The van der Waals surface area contributed by atoms with E-state index in [9.17, 15) is 4.79 Å². The van der Waals surface area contributed by atoms with E-state index in [-0.39, 0.29) is 11.8 Å². The number of piperidine rings is 1. The summed E-state index contributed by atoms with van der Waals surface area (Å²) in [6.45, 7) is 4.66. The van der Waals surface area contributed by atoms with Crippen LogP contribution in [0.15, 0.2) is 48.9 Å². The number of likely N-dealkylation sites (tertiary alicyclic amines) is 1. The van der Waals surface area contributed by atoms with Crippen LogP contribution >= 0.6 is 0 Å². The van der Waals surface area contributed by atoms with E-state index in [2.05, 4.69) is 58.1 Å². The first-order chi connectivity index (χ1) is 14.7. The first-order valence-corrected chi connectivity index (χ1v) is 11.1. The number of fused-ring (bicyclic) bond motifs is 2. The smallest absolute Gasteiger partial charge is 0.224 e. The molecule has 5 nitrogen and oxygen atoms in total. The Labute approximate surface area is 178 Å². The average Bonchev–Trinajstić information content (AvgIpc) is 3.12. The van der Waals surface area contributed by atoms with E-state index in [0.717, 1.165) is 37.9 Å². The van der Waals surface area contributed by atoms with Crippen LogP contribution in [-0.4, -0.2) is 40.0 Å². The number of rotatable bonds is 5. The highest BCUT2D eigenvalue weighted by atomic mass is 16.1. The highest BCUT2D eigenvalue weighted by Crippen LogP contribution is 2.45. The highest BCUT2D eigenvalue weighted by Gasteiger charge is 2.41. The van der Waals surface area contributed by atoms with E-state index < -0.39 is 0 Å². The summed E-state index contributed by atoms with van der Waals surface area (Å²) in [6.07, 6.45) is 9.08. The van der Waals surface area contributed by atoms with Gasteiger partial charge in [0.1, 0.15) is 0 Å². The van der Waals surface area contributed by atoms with Crippen molar-refractivity contribution >= 4 is 16.8 Å². The van der Waals surface area contributed by atoms with Crippen LogP contribution in [0.25, 0.3) is 10.9 Å². The highest BCUT2D eigenvalue weighted by molar-refractivity contribution is 5.89. The number of hydrogen-bond donors (Lipinski definition) is 1. The van der Waals surface area contributed by atoms with Gasteiger partial charge < -0.3 is 14.8 Å². The fourth-order valence-electron chi connectivity index (χ4n) is 5.57. The van der Waals surface area contributed by atoms with Gasteiger partial charge in [-0.1, -0.05) is 25.1 Å². The second kappa shape index (κ2) is 7.88. The van der Waals surface area contributed by atoms with Gasteiger partial charge in [0.15, 0.2) is 0 Å². The Kier molecular flexibility index (Phi) is 5.07. The first-order valence-electron chi connectivity index (χ1n) is 11.1. The summed E-state index contributed by atoms with van der Waals surface area (Å²) in [6, 6.07) is 11.1. The predicted octanol–water partition coefficient (Wildman–Crippen LogP) is 3.72. The SMILES string of the molecule is CCCn1cc2c3c(cccc31)[C@H]1CC(C(=O)NCc3cccnc3)CN(C)[C@@H]1C2. The van der Waals surface area contributed by atoms with Crippen LogP contribution in [0, 0.1) is 5.92 Å². The molecular weight excluding hydrogens is 372 g/mol. The van der Waals surface area contributed by atoms with Crippen molar-refractivity contribution < 1.29 is 4.79 Å². The molecule has 1 aliphatic heterocycles. The minimum absolute atomic E-state index is 0.0162. The number of pyridine rings is 1. The number of hydrogen-bond acceptors (Lipinski definition) is 3. The Morgan fingerprint density at radius 3 is 2.97 bits per heavy atom. The molecule has 2 aromatic heterocycles. The molecule has 1 saturated heterocycles. The lowest BCUT2D eigenvalue weighted by Gasteiger charge is -2.45. The summed E-state index contributed by atoms with van der Waals surface area (Å²) < 4.78 is 2.42. The molecule has 1 N–H and O–H groups in total. The zero-order valence-electron chi connectivity index (χ0n) is 17.8. The number of benzene rings is 1. The van der Waals surface area contributed by atoms with Gasteiger partial charge in [0.2, 0.25) is 5.91 Å². The van der Waals surface area contributed by atoms with Gasteiger partial charge >= 0.3 is 0 Å². The lowest BCUT2D eigenvalue weighted by Crippen LogP contribution is -2.51. The summed E-state index contributed by atoms with van der Waals surface area (Å²) >= 11 is 0. The van der Waals surface area contributed by atoms with E-state index in [1.165, 1.54) is 22.0 Å². The van der Waals surface area contributed by atoms with Crippen LogP contribution in [0.4, 0.5) is 0 Å². The summed E-state index contributed by atoms with van der Waals surface area (Å²) in [4.78, 5) is 19.6. The van der Waals surface area contributed by atoms with Crippen molar-refractivity contribution in [2.24, 2.45) is 5.92 Å².